The molecule has 0 spiro atoms. The normalized spacial score (nSPS) is 27.9. The third-order valence-corrected chi connectivity index (χ3v) is 6.89. The number of rotatable bonds is 4. The monoisotopic (exact) mass is 429 g/mol. The average molecular weight is 430 g/mol. The number of nitrogens with zero attached hydrogens (tertiary/aromatic N) is 1. The number of amides is 1. The highest BCUT2D eigenvalue weighted by atomic mass is 32.1. The van der Waals surface area contributed by atoms with Gasteiger partial charge in [0.2, 0.25) is 0 Å². The highest BCUT2D eigenvalue weighted by molar-refractivity contribution is 7.79. The molecule has 1 saturated heterocycles. The molecule has 1 aliphatic carbocycles. The van der Waals surface area contributed by atoms with Gasteiger partial charge in [-0.25, -0.2) is 4.79 Å². The largest absolute Gasteiger partial charge is 0.466 e. The van der Waals surface area contributed by atoms with Gasteiger partial charge in [-0.2, -0.15) is 0 Å². The number of ether oxygens (including phenoxy) is 3. The zero-order valence-electron chi connectivity index (χ0n) is 17.4. The highest BCUT2D eigenvalue weighted by Crippen LogP contribution is 2.55. The van der Waals surface area contributed by atoms with Crippen LogP contribution in [0.15, 0.2) is 41.6 Å². The lowest BCUT2D eigenvalue weighted by molar-refractivity contribution is -0.175. The van der Waals surface area contributed by atoms with Crippen molar-refractivity contribution in [3.8, 4) is 5.75 Å². The first-order valence-corrected chi connectivity index (χ1v) is 11.0. The molecular formula is C23H27NO5S. The van der Waals surface area contributed by atoms with Crippen LogP contribution >= 0.6 is 12.2 Å². The van der Waals surface area contributed by atoms with Crippen LogP contribution in [0.5, 0.6) is 5.75 Å². The fourth-order valence-electron chi connectivity index (χ4n) is 5.34. The van der Waals surface area contributed by atoms with Gasteiger partial charge in [-0.1, -0.05) is 25.1 Å². The number of carbonyl (C=O) groups is 2. The van der Waals surface area contributed by atoms with E-state index in [1.165, 1.54) is 7.11 Å². The predicted molar refractivity (Wildman–Crippen MR) is 115 cm³/mol. The lowest BCUT2D eigenvalue weighted by Crippen LogP contribution is -2.63. The number of methoxy groups -OCH3 is 1. The minimum Gasteiger partial charge on any atom is -0.466 e. The second-order valence-electron chi connectivity index (χ2n) is 8.26. The van der Waals surface area contributed by atoms with Gasteiger partial charge in [-0.3, -0.25) is 4.79 Å². The summed E-state index contributed by atoms with van der Waals surface area (Å²) < 4.78 is 16.5. The average Bonchev–Trinajstić information content (AvgIpc) is 2.77. The minimum absolute atomic E-state index is 0.0187. The Morgan fingerprint density at radius 1 is 1.20 bits per heavy atom. The molecule has 160 valence electrons. The first-order chi connectivity index (χ1) is 14.5. The Labute approximate surface area is 182 Å². The molecule has 1 aromatic rings. The Hall–Kier alpha value is -2.41. The highest BCUT2D eigenvalue weighted by Gasteiger charge is 2.60. The molecular weight excluding hydrogens is 402 g/mol. The minimum atomic E-state index is -1.84. The van der Waals surface area contributed by atoms with Gasteiger partial charge in [0.25, 0.3) is 11.5 Å². The van der Waals surface area contributed by atoms with Gasteiger partial charge < -0.3 is 19.1 Å². The number of para-hydroxylation sites is 1. The Bertz CT molecular complexity index is 898. The van der Waals surface area contributed by atoms with E-state index in [2.05, 4.69) is 6.92 Å². The van der Waals surface area contributed by atoms with Crippen LogP contribution in [0.3, 0.4) is 0 Å². The summed E-state index contributed by atoms with van der Waals surface area (Å²) in [5.41, 5.74) is 0.402. The molecule has 6 nitrogen and oxygen atoms in total. The van der Waals surface area contributed by atoms with Crippen molar-refractivity contribution < 1.29 is 23.8 Å². The smallest absolute Gasteiger partial charge is 0.360 e. The molecule has 1 amide bonds. The van der Waals surface area contributed by atoms with Crippen molar-refractivity contribution >= 4 is 29.3 Å². The van der Waals surface area contributed by atoms with Gasteiger partial charge in [0, 0.05) is 36.3 Å². The first-order valence-electron chi connectivity index (χ1n) is 10.5. The lowest BCUT2D eigenvalue weighted by Gasteiger charge is -2.53. The Morgan fingerprint density at radius 3 is 2.63 bits per heavy atom. The third kappa shape index (κ3) is 3.29. The third-order valence-electron chi connectivity index (χ3n) is 6.72. The maximum Gasteiger partial charge on any atom is 0.360 e. The van der Waals surface area contributed by atoms with Crippen molar-refractivity contribution in [2.45, 2.75) is 57.5 Å². The molecule has 4 rings (SSSR count). The predicted octanol–water partition coefficient (Wildman–Crippen LogP) is 4.14. The zero-order chi connectivity index (χ0) is 21.4. The molecule has 0 saturated carbocycles. The Morgan fingerprint density at radius 2 is 1.93 bits per heavy atom. The fraction of sp³-hybridized carbons (Fsp3) is 0.522. The summed E-state index contributed by atoms with van der Waals surface area (Å²) in [6, 6.07) is 8.91. The van der Waals surface area contributed by atoms with Gasteiger partial charge in [-0.15, -0.1) is 0 Å². The van der Waals surface area contributed by atoms with E-state index in [0.717, 1.165) is 49.8 Å². The summed E-state index contributed by atoms with van der Waals surface area (Å²) in [6.07, 6.45) is 6.08. The number of hydrogen-bond donors (Lipinski definition) is 0. The molecule has 0 N–H and O–H groups in total. The summed E-state index contributed by atoms with van der Waals surface area (Å²) >= 11 is 5.27. The summed E-state index contributed by atoms with van der Waals surface area (Å²) in [5.74, 6) is -0.658. The lowest BCUT2D eigenvalue weighted by atomic mass is 9.63. The van der Waals surface area contributed by atoms with Crippen LogP contribution in [-0.2, 0) is 19.1 Å². The molecule has 0 radical (unpaired) electrons. The number of carbonyl (C=O) groups excluding carboxylic acids is 2. The van der Waals surface area contributed by atoms with Gasteiger partial charge in [-0.05, 0) is 56.2 Å². The van der Waals surface area contributed by atoms with E-state index >= 15 is 0 Å². The van der Waals surface area contributed by atoms with Gasteiger partial charge in [0.15, 0.2) is 0 Å². The van der Waals surface area contributed by atoms with Crippen LogP contribution in [0.4, 0.5) is 0 Å². The van der Waals surface area contributed by atoms with Crippen molar-refractivity contribution in [3.05, 3.63) is 41.6 Å². The molecule has 3 aliphatic rings. The molecule has 1 fully saturated rings. The number of benzene rings is 1. The number of allylic oxidation sites excluding steroid dienone is 1. The summed E-state index contributed by atoms with van der Waals surface area (Å²) in [7, 11) is 1.26. The summed E-state index contributed by atoms with van der Waals surface area (Å²) in [6.45, 7) is 2.76. The topological polar surface area (TPSA) is 65.1 Å². The SMILES string of the molecule is CC[C@@]12CCCC3=C1N(CCC2)C(=O)[C@@](OC(=S)Oc1ccccc1)(C(=O)OC)C3. The first kappa shape index (κ1) is 20.8. The maximum absolute atomic E-state index is 13.7. The van der Waals surface area contributed by atoms with Crippen LogP contribution in [-0.4, -0.2) is 41.3 Å². The second-order valence-corrected chi connectivity index (χ2v) is 8.60. The molecule has 0 bridgehead atoms. The van der Waals surface area contributed by atoms with Crippen LogP contribution in [0.1, 0.15) is 51.9 Å². The molecule has 7 heteroatoms. The van der Waals surface area contributed by atoms with E-state index in [0.29, 0.717) is 12.3 Å². The van der Waals surface area contributed by atoms with E-state index in [-0.39, 0.29) is 17.1 Å². The molecule has 1 aromatic carbocycles. The standard InChI is InChI=1S/C23H27NO5S/c1-3-22-12-7-9-16-15-23(20(26)27-2,19(25)24(18(16)22)14-8-13-22)29-21(30)28-17-10-5-4-6-11-17/h4-6,10-11H,3,7-9,12-15H2,1-2H3/t22-,23+/m0/s1. The number of piperidine rings is 1. The number of thiocarbonyl (C=S) groups is 1. The summed E-state index contributed by atoms with van der Waals surface area (Å²) in [5, 5.41) is -0.265. The van der Waals surface area contributed by atoms with Crippen LogP contribution in [0, 0.1) is 5.41 Å². The van der Waals surface area contributed by atoms with Crippen molar-refractivity contribution in [1.82, 2.24) is 4.90 Å². The quantitative estimate of drug-likeness (QED) is 0.407. The molecule has 2 atom stereocenters. The Kier molecular flexibility index (Phi) is 5.57. The molecule has 30 heavy (non-hydrogen) atoms. The van der Waals surface area contributed by atoms with E-state index in [4.69, 9.17) is 26.4 Å². The van der Waals surface area contributed by atoms with E-state index in [9.17, 15) is 9.59 Å². The van der Waals surface area contributed by atoms with Crippen molar-refractivity contribution in [2.75, 3.05) is 13.7 Å². The molecule has 2 heterocycles. The molecule has 0 aromatic heterocycles. The van der Waals surface area contributed by atoms with Gasteiger partial charge >= 0.3 is 11.2 Å². The van der Waals surface area contributed by atoms with Crippen molar-refractivity contribution in [2.24, 2.45) is 5.41 Å². The molecule has 2 aliphatic heterocycles. The molecule has 0 unspecified atom stereocenters. The second kappa shape index (κ2) is 8.02. The van der Waals surface area contributed by atoms with E-state index in [1.807, 2.05) is 6.07 Å². The van der Waals surface area contributed by atoms with Crippen LogP contribution in [0.25, 0.3) is 0 Å². The number of esters is 1. The van der Waals surface area contributed by atoms with Crippen LogP contribution < -0.4 is 4.74 Å². The van der Waals surface area contributed by atoms with Crippen molar-refractivity contribution in [1.29, 1.82) is 0 Å². The Balaban J connectivity index is 1.71. The summed E-state index contributed by atoms with van der Waals surface area (Å²) in [4.78, 5) is 28.4. The van der Waals surface area contributed by atoms with E-state index in [1.54, 1.807) is 29.2 Å². The van der Waals surface area contributed by atoms with E-state index < -0.39 is 17.5 Å². The zero-order valence-corrected chi connectivity index (χ0v) is 18.3. The van der Waals surface area contributed by atoms with Gasteiger partial charge in [0.1, 0.15) is 5.75 Å². The fourth-order valence-corrected chi connectivity index (χ4v) is 5.58. The number of hydrogen-bond acceptors (Lipinski definition) is 6. The van der Waals surface area contributed by atoms with Crippen LogP contribution in [0.2, 0.25) is 0 Å². The van der Waals surface area contributed by atoms with Gasteiger partial charge in [0.05, 0.1) is 7.11 Å². The maximum atomic E-state index is 13.7. The van der Waals surface area contributed by atoms with Crippen molar-refractivity contribution in [3.63, 3.8) is 0 Å².